The molecule has 0 radical (unpaired) electrons. The molecule has 0 fully saturated rings. The molecule has 11 heavy (non-hydrogen) atoms. The summed E-state index contributed by atoms with van der Waals surface area (Å²) in [6, 6.07) is 3.27. The Balaban J connectivity index is 2.82. The first-order valence-corrected chi connectivity index (χ1v) is 2.94. The molecule has 1 rings (SSSR count). The predicted molar refractivity (Wildman–Crippen MR) is 38.5 cm³/mol. The topological polar surface area (TPSA) is 76.5 Å². The van der Waals surface area contributed by atoms with Crippen molar-refractivity contribution in [1.82, 2.24) is 0 Å². The summed E-state index contributed by atoms with van der Waals surface area (Å²) in [5, 5.41) is 8.35. The van der Waals surface area contributed by atoms with Gasteiger partial charge in [0.25, 0.3) is 0 Å². The fraction of sp³-hybridized carbons (Fsp3) is 0. The Kier molecular flexibility index (Phi) is 1.96. The van der Waals surface area contributed by atoms with E-state index in [0.717, 1.165) is 0 Å². The summed E-state index contributed by atoms with van der Waals surface area (Å²) in [5.74, 6) is -0.716. The lowest BCUT2D eigenvalue weighted by Crippen LogP contribution is -2.08. The molecule has 1 aromatic heterocycles. The Morgan fingerprint density at radius 1 is 1.73 bits per heavy atom. The van der Waals surface area contributed by atoms with Crippen LogP contribution in [0.1, 0.15) is 5.76 Å². The molecule has 1 heterocycles. The molecule has 0 saturated carbocycles. The highest BCUT2D eigenvalue weighted by Gasteiger charge is 2.00. The average Bonchev–Trinajstić information content (AvgIpc) is 2.39. The number of rotatable bonds is 2. The van der Waals surface area contributed by atoms with Crippen LogP contribution in [0.2, 0.25) is 0 Å². The Labute approximate surface area is 62.9 Å². The minimum absolute atomic E-state index is 0.236. The molecule has 0 aliphatic heterocycles. The highest BCUT2D eigenvalue weighted by molar-refractivity contribution is 5.90. The van der Waals surface area contributed by atoms with Crippen molar-refractivity contribution in [3.8, 4) is 0 Å². The van der Waals surface area contributed by atoms with Crippen molar-refractivity contribution in [3.63, 3.8) is 0 Å². The number of furan rings is 1. The molecule has 0 unspecified atom stereocenters. The van der Waals surface area contributed by atoms with Crippen molar-refractivity contribution in [2.24, 2.45) is 5.73 Å². The molecule has 3 N–H and O–H groups in total. The lowest BCUT2D eigenvalue weighted by Gasteiger charge is -1.89. The van der Waals surface area contributed by atoms with Crippen LogP contribution in [0.5, 0.6) is 0 Å². The van der Waals surface area contributed by atoms with Crippen LogP contribution in [0, 0.1) is 0 Å². The van der Waals surface area contributed by atoms with Crippen molar-refractivity contribution < 1.29 is 14.3 Å². The Morgan fingerprint density at radius 2 is 2.45 bits per heavy atom. The van der Waals surface area contributed by atoms with Crippen molar-refractivity contribution in [2.75, 3.05) is 0 Å². The van der Waals surface area contributed by atoms with Crippen molar-refractivity contribution in [3.05, 3.63) is 29.9 Å². The Morgan fingerprint density at radius 3 is 2.91 bits per heavy atom. The van der Waals surface area contributed by atoms with Gasteiger partial charge in [0.1, 0.15) is 11.5 Å². The summed E-state index contributed by atoms with van der Waals surface area (Å²) in [5.41, 5.74) is 4.87. The number of nitrogens with two attached hydrogens (primary N) is 1. The van der Waals surface area contributed by atoms with Crippen LogP contribution in [0.4, 0.5) is 0 Å². The minimum atomic E-state index is -1.15. The molecule has 0 bridgehead atoms. The van der Waals surface area contributed by atoms with E-state index in [2.05, 4.69) is 0 Å². The van der Waals surface area contributed by atoms with E-state index in [-0.39, 0.29) is 5.70 Å². The normalized spacial score (nSPS) is 11.5. The molecule has 0 aliphatic rings. The number of hydrogen-bond donors (Lipinski definition) is 2. The lowest BCUT2D eigenvalue weighted by atomic mass is 10.3. The number of carbonyl (C=O) groups is 1. The fourth-order valence-corrected chi connectivity index (χ4v) is 0.588. The van der Waals surface area contributed by atoms with Gasteiger partial charge in [0.15, 0.2) is 0 Å². The second-order valence-corrected chi connectivity index (χ2v) is 1.92. The van der Waals surface area contributed by atoms with Crippen LogP contribution in [0.25, 0.3) is 6.08 Å². The van der Waals surface area contributed by atoms with Crippen LogP contribution in [0.3, 0.4) is 0 Å². The predicted octanol–water partition coefficient (Wildman–Crippen LogP) is 0.664. The van der Waals surface area contributed by atoms with Gasteiger partial charge in [0, 0.05) is 6.08 Å². The van der Waals surface area contributed by atoms with Gasteiger partial charge in [-0.2, -0.15) is 0 Å². The maximum atomic E-state index is 10.2. The van der Waals surface area contributed by atoms with Crippen LogP contribution < -0.4 is 5.73 Å². The number of carboxylic acid groups (broad SMARTS) is 1. The molecule has 4 heteroatoms. The van der Waals surface area contributed by atoms with E-state index in [1.54, 1.807) is 12.1 Å². The third-order valence-corrected chi connectivity index (χ3v) is 1.09. The SMILES string of the molecule is N/C(=C/c1ccco1)C(=O)O. The van der Waals surface area contributed by atoms with E-state index in [9.17, 15) is 4.79 Å². The van der Waals surface area contributed by atoms with Crippen LogP contribution in [0.15, 0.2) is 28.5 Å². The van der Waals surface area contributed by atoms with Gasteiger partial charge in [0.05, 0.1) is 6.26 Å². The summed E-state index contributed by atoms with van der Waals surface area (Å²) < 4.78 is 4.83. The maximum Gasteiger partial charge on any atom is 0.351 e. The van der Waals surface area contributed by atoms with Crippen LogP contribution in [-0.2, 0) is 4.79 Å². The van der Waals surface area contributed by atoms with Crippen molar-refractivity contribution >= 4 is 12.0 Å². The van der Waals surface area contributed by atoms with Crippen molar-refractivity contribution in [2.45, 2.75) is 0 Å². The van der Waals surface area contributed by atoms with Gasteiger partial charge < -0.3 is 15.3 Å². The lowest BCUT2D eigenvalue weighted by molar-refractivity contribution is -0.132. The highest BCUT2D eigenvalue weighted by atomic mass is 16.4. The first-order valence-electron chi connectivity index (χ1n) is 2.94. The second kappa shape index (κ2) is 2.92. The zero-order chi connectivity index (χ0) is 8.27. The standard InChI is InChI=1S/C7H7NO3/c8-6(7(9)10)4-5-2-1-3-11-5/h1-4H,8H2,(H,9,10)/b6-4+. The molecule has 1 aromatic rings. The average molecular weight is 153 g/mol. The highest BCUT2D eigenvalue weighted by Crippen LogP contribution is 2.03. The number of aliphatic carboxylic acids is 1. The molecule has 0 aliphatic carbocycles. The van der Waals surface area contributed by atoms with E-state index >= 15 is 0 Å². The van der Waals surface area contributed by atoms with Gasteiger partial charge in [0.2, 0.25) is 0 Å². The van der Waals surface area contributed by atoms with E-state index in [4.69, 9.17) is 15.3 Å². The molecule has 4 nitrogen and oxygen atoms in total. The molecular weight excluding hydrogens is 146 g/mol. The van der Waals surface area contributed by atoms with Gasteiger partial charge in [-0.05, 0) is 12.1 Å². The quantitative estimate of drug-likeness (QED) is 0.612. The third-order valence-electron chi connectivity index (χ3n) is 1.09. The number of carboxylic acids is 1. The zero-order valence-corrected chi connectivity index (χ0v) is 5.65. The van der Waals surface area contributed by atoms with Gasteiger partial charge in [-0.3, -0.25) is 0 Å². The van der Waals surface area contributed by atoms with Crippen LogP contribution in [-0.4, -0.2) is 11.1 Å². The molecule has 0 atom stereocenters. The smallest absolute Gasteiger partial charge is 0.351 e. The second-order valence-electron chi connectivity index (χ2n) is 1.92. The number of hydrogen-bond acceptors (Lipinski definition) is 3. The van der Waals surface area contributed by atoms with Gasteiger partial charge >= 0.3 is 5.97 Å². The Hall–Kier alpha value is -1.71. The van der Waals surface area contributed by atoms with Crippen molar-refractivity contribution in [1.29, 1.82) is 0 Å². The Bertz CT molecular complexity index is 274. The molecule has 0 amide bonds. The third kappa shape index (κ3) is 1.86. The van der Waals surface area contributed by atoms with Crippen LogP contribution >= 0.6 is 0 Å². The maximum absolute atomic E-state index is 10.2. The molecule has 0 aromatic carbocycles. The summed E-state index contributed by atoms with van der Waals surface area (Å²) in [4.78, 5) is 10.2. The molecular formula is C7H7NO3. The molecule has 0 spiro atoms. The molecule has 0 saturated heterocycles. The monoisotopic (exact) mass is 153 g/mol. The van der Waals surface area contributed by atoms with E-state index < -0.39 is 5.97 Å². The largest absolute Gasteiger partial charge is 0.477 e. The van der Waals surface area contributed by atoms with E-state index in [1.165, 1.54) is 12.3 Å². The first-order chi connectivity index (χ1) is 5.20. The van der Waals surface area contributed by atoms with Gasteiger partial charge in [-0.25, -0.2) is 4.79 Å². The summed E-state index contributed by atoms with van der Waals surface area (Å²) in [6.07, 6.45) is 2.70. The van der Waals surface area contributed by atoms with E-state index in [0.29, 0.717) is 5.76 Å². The van der Waals surface area contributed by atoms with E-state index in [1.807, 2.05) is 0 Å². The van der Waals surface area contributed by atoms with Gasteiger partial charge in [-0.1, -0.05) is 0 Å². The summed E-state index contributed by atoms with van der Waals surface area (Å²) in [7, 11) is 0. The summed E-state index contributed by atoms with van der Waals surface area (Å²) >= 11 is 0. The molecule has 58 valence electrons. The minimum Gasteiger partial charge on any atom is -0.477 e. The fourth-order valence-electron chi connectivity index (χ4n) is 0.588. The summed E-state index contributed by atoms with van der Waals surface area (Å²) in [6.45, 7) is 0. The van der Waals surface area contributed by atoms with Gasteiger partial charge in [-0.15, -0.1) is 0 Å². The first kappa shape index (κ1) is 7.40. The zero-order valence-electron chi connectivity index (χ0n) is 5.65.